The number of hydrogen-bond donors (Lipinski definition) is 1. The zero-order valence-electron chi connectivity index (χ0n) is 9.82. The molecule has 2 rings (SSSR count). The molecule has 0 bridgehead atoms. The molecule has 1 aromatic carbocycles. The Bertz CT molecular complexity index is 492. The van der Waals surface area contributed by atoms with Gasteiger partial charge in [-0.25, -0.2) is 0 Å². The van der Waals surface area contributed by atoms with Crippen LogP contribution in [0.5, 0.6) is 0 Å². The first-order valence-electron chi connectivity index (χ1n) is 5.80. The highest BCUT2D eigenvalue weighted by Crippen LogP contribution is 2.29. The van der Waals surface area contributed by atoms with Crippen molar-refractivity contribution in [2.75, 3.05) is 0 Å². The van der Waals surface area contributed by atoms with Gasteiger partial charge in [-0.3, -0.25) is 0 Å². The minimum atomic E-state index is 0.153. The number of halogens is 1. The van der Waals surface area contributed by atoms with Crippen LogP contribution in [0.2, 0.25) is 5.02 Å². The Hall–Kier alpha value is -1.25. The summed E-state index contributed by atoms with van der Waals surface area (Å²) >= 11 is 6.12. The standard InChI is InChI=1S/C14H16ClNO/c1-2-10(16)9-11-7-8-14(17-11)12-5-3-4-6-13(12)15/h3-8,10H,2,9,16H2,1H3. The van der Waals surface area contributed by atoms with E-state index in [9.17, 15) is 0 Å². The van der Waals surface area contributed by atoms with E-state index in [1.165, 1.54) is 0 Å². The largest absolute Gasteiger partial charge is 0.461 e. The molecule has 0 amide bonds. The van der Waals surface area contributed by atoms with Crippen molar-refractivity contribution in [1.29, 1.82) is 0 Å². The monoisotopic (exact) mass is 249 g/mol. The maximum Gasteiger partial charge on any atom is 0.135 e. The summed E-state index contributed by atoms with van der Waals surface area (Å²) in [4.78, 5) is 0. The van der Waals surface area contributed by atoms with Crippen LogP contribution < -0.4 is 5.73 Å². The van der Waals surface area contributed by atoms with Gasteiger partial charge in [0.25, 0.3) is 0 Å². The summed E-state index contributed by atoms with van der Waals surface area (Å²) in [6.45, 7) is 2.07. The molecule has 0 aliphatic rings. The van der Waals surface area contributed by atoms with E-state index in [4.69, 9.17) is 21.8 Å². The maximum atomic E-state index is 6.12. The summed E-state index contributed by atoms with van der Waals surface area (Å²) in [5, 5.41) is 0.702. The lowest BCUT2D eigenvalue weighted by molar-refractivity contribution is 0.490. The van der Waals surface area contributed by atoms with E-state index >= 15 is 0 Å². The number of nitrogens with two attached hydrogens (primary N) is 1. The third-order valence-corrected chi connectivity index (χ3v) is 3.12. The fraction of sp³-hybridized carbons (Fsp3) is 0.286. The highest BCUT2D eigenvalue weighted by molar-refractivity contribution is 6.33. The molecule has 2 N–H and O–H groups in total. The lowest BCUT2D eigenvalue weighted by Gasteiger charge is -2.05. The lowest BCUT2D eigenvalue weighted by Crippen LogP contribution is -2.20. The molecule has 0 radical (unpaired) electrons. The van der Waals surface area contributed by atoms with Crippen LogP contribution in [-0.4, -0.2) is 6.04 Å². The maximum absolute atomic E-state index is 6.12. The van der Waals surface area contributed by atoms with Crippen molar-refractivity contribution < 1.29 is 4.42 Å². The molecule has 0 saturated carbocycles. The molecule has 1 atom stereocenters. The predicted octanol–water partition coefficient (Wildman–Crippen LogP) is 3.88. The van der Waals surface area contributed by atoms with Gasteiger partial charge in [-0.05, 0) is 30.7 Å². The van der Waals surface area contributed by atoms with Gasteiger partial charge in [-0.1, -0.05) is 30.7 Å². The third kappa shape index (κ3) is 2.90. The first-order valence-corrected chi connectivity index (χ1v) is 6.17. The number of hydrogen-bond acceptors (Lipinski definition) is 2. The van der Waals surface area contributed by atoms with Gasteiger partial charge in [-0.15, -0.1) is 0 Å². The van der Waals surface area contributed by atoms with Gasteiger partial charge in [0.2, 0.25) is 0 Å². The van der Waals surface area contributed by atoms with E-state index in [2.05, 4.69) is 6.92 Å². The molecule has 0 fully saturated rings. The van der Waals surface area contributed by atoms with Crippen LogP contribution in [0.4, 0.5) is 0 Å². The van der Waals surface area contributed by atoms with Gasteiger partial charge < -0.3 is 10.2 Å². The van der Waals surface area contributed by atoms with Gasteiger partial charge in [0.1, 0.15) is 11.5 Å². The van der Waals surface area contributed by atoms with Crippen LogP contribution in [0.1, 0.15) is 19.1 Å². The van der Waals surface area contributed by atoms with Crippen LogP contribution in [-0.2, 0) is 6.42 Å². The summed E-state index contributed by atoms with van der Waals surface area (Å²) in [5.74, 6) is 1.71. The van der Waals surface area contributed by atoms with Crippen molar-refractivity contribution >= 4 is 11.6 Å². The minimum absolute atomic E-state index is 0.153. The molecular weight excluding hydrogens is 234 g/mol. The molecule has 1 aromatic heterocycles. The van der Waals surface area contributed by atoms with Gasteiger partial charge >= 0.3 is 0 Å². The zero-order valence-corrected chi connectivity index (χ0v) is 10.6. The second kappa shape index (κ2) is 5.39. The first kappa shape index (κ1) is 12.2. The van der Waals surface area contributed by atoms with E-state index in [-0.39, 0.29) is 6.04 Å². The predicted molar refractivity (Wildman–Crippen MR) is 71.1 cm³/mol. The summed E-state index contributed by atoms with van der Waals surface area (Å²) in [6, 6.07) is 11.7. The number of rotatable bonds is 4. The second-order valence-electron chi connectivity index (χ2n) is 4.12. The molecule has 0 saturated heterocycles. The van der Waals surface area contributed by atoms with Crippen molar-refractivity contribution in [1.82, 2.24) is 0 Å². The highest BCUT2D eigenvalue weighted by Gasteiger charge is 2.09. The van der Waals surface area contributed by atoms with Gasteiger partial charge in [0.05, 0.1) is 5.02 Å². The lowest BCUT2D eigenvalue weighted by atomic mass is 10.1. The quantitative estimate of drug-likeness (QED) is 0.893. The Morgan fingerprint density at radius 3 is 2.71 bits per heavy atom. The molecule has 0 spiro atoms. The van der Waals surface area contributed by atoms with Crippen LogP contribution in [0.3, 0.4) is 0 Å². The second-order valence-corrected chi connectivity index (χ2v) is 4.53. The molecule has 3 heteroatoms. The number of furan rings is 1. The van der Waals surface area contributed by atoms with Crippen LogP contribution in [0.25, 0.3) is 11.3 Å². The van der Waals surface area contributed by atoms with Gasteiger partial charge in [-0.2, -0.15) is 0 Å². The average molecular weight is 250 g/mol. The number of benzene rings is 1. The van der Waals surface area contributed by atoms with Gasteiger partial charge in [0.15, 0.2) is 0 Å². The SMILES string of the molecule is CCC(N)Cc1ccc(-c2ccccc2Cl)o1. The molecule has 1 heterocycles. The topological polar surface area (TPSA) is 39.2 Å². The van der Waals surface area contributed by atoms with Crippen molar-refractivity contribution in [3.63, 3.8) is 0 Å². The van der Waals surface area contributed by atoms with Crippen LogP contribution in [0.15, 0.2) is 40.8 Å². The fourth-order valence-electron chi connectivity index (χ4n) is 1.70. The Labute approximate surface area is 106 Å². The summed E-state index contributed by atoms with van der Waals surface area (Å²) < 4.78 is 5.76. The van der Waals surface area contributed by atoms with E-state index in [0.29, 0.717) is 5.02 Å². The summed E-state index contributed by atoms with van der Waals surface area (Å²) in [6.07, 6.45) is 1.71. The molecule has 1 unspecified atom stereocenters. The average Bonchev–Trinajstić information content (AvgIpc) is 2.78. The Morgan fingerprint density at radius 1 is 1.24 bits per heavy atom. The molecular formula is C14H16ClNO. The molecule has 0 aliphatic heterocycles. The Kier molecular flexibility index (Phi) is 3.87. The van der Waals surface area contributed by atoms with Crippen molar-refractivity contribution in [2.24, 2.45) is 5.73 Å². The molecule has 17 heavy (non-hydrogen) atoms. The third-order valence-electron chi connectivity index (χ3n) is 2.79. The van der Waals surface area contributed by atoms with E-state index in [1.807, 2.05) is 36.4 Å². The molecule has 2 aromatic rings. The van der Waals surface area contributed by atoms with Crippen molar-refractivity contribution in [2.45, 2.75) is 25.8 Å². The van der Waals surface area contributed by atoms with Gasteiger partial charge in [0, 0.05) is 18.0 Å². The van der Waals surface area contributed by atoms with E-state index in [0.717, 1.165) is 29.9 Å². The molecule has 2 nitrogen and oxygen atoms in total. The van der Waals surface area contributed by atoms with E-state index in [1.54, 1.807) is 0 Å². The molecule has 90 valence electrons. The molecule has 0 aliphatic carbocycles. The van der Waals surface area contributed by atoms with Crippen LogP contribution >= 0.6 is 11.6 Å². The zero-order chi connectivity index (χ0) is 12.3. The fourth-order valence-corrected chi connectivity index (χ4v) is 1.93. The van der Waals surface area contributed by atoms with Crippen LogP contribution in [0, 0.1) is 0 Å². The normalized spacial score (nSPS) is 12.6. The van der Waals surface area contributed by atoms with Crippen molar-refractivity contribution in [3.8, 4) is 11.3 Å². The Morgan fingerprint density at radius 2 is 2.00 bits per heavy atom. The van der Waals surface area contributed by atoms with E-state index < -0.39 is 0 Å². The summed E-state index contributed by atoms with van der Waals surface area (Å²) in [5.41, 5.74) is 6.82. The Balaban J connectivity index is 2.21. The first-order chi connectivity index (χ1) is 8.20. The summed E-state index contributed by atoms with van der Waals surface area (Å²) in [7, 11) is 0. The minimum Gasteiger partial charge on any atom is -0.461 e. The van der Waals surface area contributed by atoms with Crippen molar-refractivity contribution in [3.05, 3.63) is 47.2 Å². The highest BCUT2D eigenvalue weighted by atomic mass is 35.5. The smallest absolute Gasteiger partial charge is 0.135 e.